The molecule has 0 atom stereocenters. The number of rotatable bonds is 8. The Hall–Kier alpha value is -2.98. The molecule has 0 unspecified atom stereocenters. The highest BCUT2D eigenvalue weighted by Gasteiger charge is 2.20. The molecule has 0 radical (unpaired) electrons. The van der Waals surface area contributed by atoms with Gasteiger partial charge in [-0.05, 0) is 48.6 Å². The van der Waals surface area contributed by atoms with E-state index in [1.165, 1.54) is 31.2 Å². The summed E-state index contributed by atoms with van der Waals surface area (Å²) in [6.45, 7) is 4.80. The van der Waals surface area contributed by atoms with Crippen molar-refractivity contribution in [1.82, 2.24) is 24.2 Å². The second-order valence-corrected chi connectivity index (χ2v) is 11.6. The summed E-state index contributed by atoms with van der Waals surface area (Å²) in [4.78, 5) is 24.1. The monoisotopic (exact) mass is 498 g/mol. The van der Waals surface area contributed by atoms with Crippen molar-refractivity contribution in [1.29, 1.82) is 0 Å². The van der Waals surface area contributed by atoms with Gasteiger partial charge >= 0.3 is 0 Å². The second kappa shape index (κ2) is 10.3. The summed E-state index contributed by atoms with van der Waals surface area (Å²) >= 11 is 0. The Morgan fingerprint density at radius 3 is 2.57 bits per heavy atom. The topological polar surface area (TPSA) is 100 Å². The largest absolute Gasteiger partial charge is 0.357 e. The molecule has 35 heavy (non-hydrogen) atoms. The van der Waals surface area contributed by atoms with Crippen LogP contribution >= 0.6 is 0 Å². The highest BCUT2D eigenvalue weighted by Crippen LogP contribution is 2.23. The van der Waals surface area contributed by atoms with Crippen LogP contribution in [0, 0.1) is 5.92 Å². The van der Waals surface area contributed by atoms with Crippen LogP contribution < -0.4 is 10.2 Å². The maximum Gasteiger partial charge on any atom is 0.242 e. The summed E-state index contributed by atoms with van der Waals surface area (Å²) in [5.74, 6) is 2.44. The molecule has 1 amide bonds. The number of sulfonamides is 1. The van der Waals surface area contributed by atoms with Crippen LogP contribution in [-0.2, 0) is 34.8 Å². The quantitative estimate of drug-likeness (QED) is 0.513. The lowest BCUT2D eigenvalue weighted by Crippen LogP contribution is -2.33. The Labute approximate surface area is 207 Å². The molecule has 2 aromatic heterocycles. The maximum absolute atomic E-state index is 12.5. The molecule has 0 aliphatic carbocycles. The smallest absolute Gasteiger partial charge is 0.242 e. The van der Waals surface area contributed by atoms with E-state index in [4.69, 9.17) is 0 Å². The lowest BCUT2D eigenvalue weighted by Gasteiger charge is -2.31. The fourth-order valence-electron chi connectivity index (χ4n) is 4.28. The predicted octanol–water partition coefficient (Wildman–Crippen LogP) is 2.70. The number of carbonyl (C=O) groups excluding carboxylic acids is 1. The summed E-state index contributed by atoms with van der Waals surface area (Å²) < 4.78 is 27.9. The van der Waals surface area contributed by atoms with Gasteiger partial charge in [0.15, 0.2) is 0 Å². The molecule has 10 heteroatoms. The summed E-state index contributed by atoms with van der Waals surface area (Å²) in [6, 6.07) is 8.97. The summed E-state index contributed by atoms with van der Waals surface area (Å²) in [5, 5.41) is 2.95. The van der Waals surface area contributed by atoms with Gasteiger partial charge in [-0.15, -0.1) is 0 Å². The number of aromatic nitrogens is 3. The van der Waals surface area contributed by atoms with Crippen LogP contribution in [0.2, 0.25) is 0 Å². The molecular weight excluding hydrogens is 464 g/mol. The minimum absolute atomic E-state index is 0.0676. The Kier molecular flexibility index (Phi) is 7.42. The molecule has 4 rings (SSSR count). The van der Waals surface area contributed by atoms with Gasteiger partial charge in [-0.1, -0.05) is 13.0 Å². The number of imidazole rings is 1. The van der Waals surface area contributed by atoms with Gasteiger partial charge in [0.1, 0.15) is 11.6 Å². The minimum Gasteiger partial charge on any atom is -0.357 e. The third-order valence-corrected chi connectivity index (χ3v) is 8.52. The number of fused-ring (bicyclic) bond motifs is 1. The number of hydrogen-bond donors (Lipinski definition) is 1. The van der Waals surface area contributed by atoms with Gasteiger partial charge in [-0.3, -0.25) is 4.79 Å². The molecule has 1 fully saturated rings. The Morgan fingerprint density at radius 1 is 1.17 bits per heavy atom. The first-order valence-electron chi connectivity index (χ1n) is 12.0. The lowest BCUT2D eigenvalue weighted by molar-refractivity contribution is -0.121. The predicted molar refractivity (Wildman–Crippen MR) is 137 cm³/mol. The average molecular weight is 499 g/mol. The van der Waals surface area contributed by atoms with Crippen molar-refractivity contribution < 1.29 is 13.2 Å². The molecule has 1 N–H and O–H groups in total. The van der Waals surface area contributed by atoms with E-state index in [9.17, 15) is 13.2 Å². The van der Waals surface area contributed by atoms with Gasteiger partial charge in [0, 0.05) is 59.8 Å². The summed E-state index contributed by atoms with van der Waals surface area (Å²) in [5.41, 5.74) is 2.39. The first-order valence-corrected chi connectivity index (χ1v) is 13.4. The van der Waals surface area contributed by atoms with Crippen molar-refractivity contribution in [2.75, 3.05) is 32.1 Å². The minimum atomic E-state index is -3.53. The zero-order valence-electron chi connectivity index (χ0n) is 20.9. The van der Waals surface area contributed by atoms with E-state index < -0.39 is 10.0 Å². The Bertz CT molecular complexity index is 1290. The van der Waals surface area contributed by atoms with Gasteiger partial charge in [0.05, 0.1) is 15.9 Å². The molecule has 3 aromatic rings. The number of carbonyl (C=O) groups is 1. The van der Waals surface area contributed by atoms with Crippen LogP contribution in [0.25, 0.3) is 11.0 Å². The second-order valence-electron chi connectivity index (χ2n) is 9.50. The van der Waals surface area contributed by atoms with Crippen LogP contribution in [0.15, 0.2) is 41.4 Å². The SMILES string of the molecule is CC1CCN(c2ccc(CNC(=O)CCc3nc4cc(S(=O)(=O)N(C)C)ccc4n3C)cn2)CC1. The molecule has 0 saturated carbocycles. The van der Waals surface area contributed by atoms with Crippen molar-refractivity contribution in [2.24, 2.45) is 13.0 Å². The van der Waals surface area contributed by atoms with Gasteiger partial charge in [-0.2, -0.15) is 0 Å². The van der Waals surface area contributed by atoms with E-state index in [1.807, 2.05) is 29.9 Å². The molecule has 9 nitrogen and oxygen atoms in total. The molecule has 188 valence electrons. The highest BCUT2D eigenvalue weighted by atomic mass is 32.2. The van der Waals surface area contributed by atoms with E-state index in [1.54, 1.807) is 18.2 Å². The molecule has 0 bridgehead atoms. The number of anilines is 1. The van der Waals surface area contributed by atoms with E-state index in [0.717, 1.165) is 41.7 Å². The van der Waals surface area contributed by atoms with Crippen LogP contribution in [0.3, 0.4) is 0 Å². The molecule has 0 spiro atoms. The third-order valence-electron chi connectivity index (χ3n) is 6.71. The van der Waals surface area contributed by atoms with Crippen LogP contribution in [-0.4, -0.2) is 60.4 Å². The number of nitrogens with zero attached hydrogens (tertiary/aromatic N) is 5. The fraction of sp³-hybridized carbons (Fsp3) is 0.480. The lowest BCUT2D eigenvalue weighted by atomic mass is 9.99. The number of piperidine rings is 1. The first kappa shape index (κ1) is 25.1. The van der Waals surface area contributed by atoms with E-state index in [-0.39, 0.29) is 17.2 Å². The number of aryl methyl sites for hydroxylation is 2. The number of benzene rings is 1. The number of nitrogens with one attached hydrogen (secondary N) is 1. The van der Waals surface area contributed by atoms with Crippen molar-refractivity contribution in [3.63, 3.8) is 0 Å². The molecule has 3 heterocycles. The van der Waals surface area contributed by atoms with Gasteiger partial charge in [0.25, 0.3) is 0 Å². The number of amides is 1. The first-order chi connectivity index (χ1) is 16.6. The van der Waals surface area contributed by atoms with Crippen molar-refractivity contribution >= 4 is 32.8 Å². The molecule has 1 aliphatic heterocycles. The van der Waals surface area contributed by atoms with E-state index >= 15 is 0 Å². The molecule has 1 aliphatic rings. The Morgan fingerprint density at radius 2 is 1.91 bits per heavy atom. The van der Waals surface area contributed by atoms with Crippen molar-refractivity contribution in [3.05, 3.63) is 47.9 Å². The third kappa shape index (κ3) is 5.65. The van der Waals surface area contributed by atoms with Gasteiger partial charge in [0.2, 0.25) is 15.9 Å². The van der Waals surface area contributed by atoms with Gasteiger partial charge < -0.3 is 14.8 Å². The van der Waals surface area contributed by atoms with E-state index in [2.05, 4.69) is 27.1 Å². The molecular formula is C25H34N6O3S. The number of pyridine rings is 1. The van der Waals surface area contributed by atoms with Crippen LogP contribution in [0.5, 0.6) is 0 Å². The highest BCUT2D eigenvalue weighted by molar-refractivity contribution is 7.89. The molecule has 1 saturated heterocycles. The average Bonchev–Trinajstić information content (AvgIpc) is 3.17. The van der Waals surface area contributed by atoms with Crippen LogP contribution in [0.4, 0.5) is 5.82 Å². The zero-order valence-corrected chi connectivity index (χ0v) is 21.7. The van der Waals surface area contributed by atoms with Crippen molar-refractivity contribution in [2.45, 2.75) is 44.0 Å². The maximum atomic E-state index is 12.5. The summed E-state index contributed by atoms with van der Waals surface area (Å²) in [6.07, 6.45) is 4.97. The Balaban J connectivity index is 1.32. The van der Waals surface area contributed by atoms with Gasteiger partial charge in [-0.25, -0.2) is 22.7 Å². The normalized spacial score (nSPS) is 15.2. The zero-order chi connectivity index (χ0) is 25.2. The van der Waals surface area contributed by atoms with Crippen LogP contribution in [0.1, 0.15) is 37.6 Å². The molecule has 1 aromatic carbocycles. The number of hydrogen-bond acceptors (Lipinski definition) is 6. The summed E-state index contributed by atoms with van der Waals surface area (Å²) in [7, 11) is 1.35. The van der Waals surface area contributed by atoms with Crippen molar-refractivity contribution in [3.8, 4) is 0 Å². The fourth-order valence-corrected chi connectivity index (χ4v) is 5.21. The van der Waals surface area contributed by atoms with E-state index in [0.29, 0.717) is 18.5 Å². The standard InChI is InChI=1S/C25H34N6O3S/c1-18-11-13-31(14-12-18)23-8-5-19(16-26-23)17-27-25(32)10-9-24-28-21-15-20(35(33,34)29(2)3)6-7-22(21)30(24)4/h5-8,15-16,18H,9-14,17H2,1-4H3,(H,27,32).